The molecule has 106 valence electrons. The van der Waals surface area contributed by atoms with Gasteiger partial charge in [-0.1, -0.05) is 52.6 Å². The molecule has 0 spiro atoms. The van der Waals surface area contributed by atoms with Gasteiger partial charge in [0.25, 0.3) is 0 Å². The van der Waals surface area contributed by atoms with E-state index in [1.165, 1.54) is 0 Å². The fraction of sp³-hybridized carbons (Fsp3) is 0.538. The molecule has 1 N–H and O–H groups in total. The van der Waals surface area contributed by atoms with E-state index in [1.807, 2.05) is 19.1 Å². The molecule has 1 aromatic rings. The summed E-state index contributed by atoms with van der Waals surface area (Å²) in [6.45, 7) is 4.08. The summed E-state index contributed by atoms with van der Waals surface area (Å²) in [4.78, 5) is 0.357. The minimum Gasteiger partial charge on any atom is -0.207 e. The van der Waals surface area contributed by atoms with Crippen molar-refractivity contribution >= 4 is 31.6 Å². The number of hydrogen-bond donors (Lipinski definition) is 1. The predicted octanol–water partition coefficient (Wildman–Crippen LogP) is 3.21. The Hall–Kier alpha value is -0.170. The van der Waals surface area contributed by atoms with Crippen LogP contribution in [-0.4, -0.2) is 25.5 Å². The van der Waals surface area contributed by atoms with Crippen molar-refractivity contribution in [2.75, 3.05) is 5.75 Å². The largest absolute Gasteiger partial charge is 0.240 e. The molecule has 1 heterocycles. The van der Waals surface area contributed by atoms with Crippen molar-refractivity contribution in [1.82, 2.24) is 4.72 Å². The van der Waals surface area contributed by atoms with Crippen LogP contribution in [0.3, 0.4) is 0 Å². The summed E-state index contributed by atoms with van der Waals surface area (Å²) >= 11 is 0. The molecular formula is C13H19NO2S3. The highest BCUT2D eigenvalue weighted by molar-refractivity contribution is 8.77. The van der Waals surface area contributed by atoms with Crippen LogP contribution in [0.25, 0.3) is 0 Å². The third-order valence-electron chi connectivity index (χ3n) is 3.10. The van der Waals surface area contributed by atoms with Gasteiger partial charge >= 0.3 is 0 Å². The molecule has 1 saturated heterocycles. The van der Waals surface area contributed by atoms with Crippen LogP contribution in [-0.2, 0) is 10.0 Å². The lowest BCUT2D eigenvalue weighted by molar-refractivity contribution is 0.548. The van der Waals surface area contributed by atoms with Crippen LogP contribution in [0.5, 0.6) is 0 Å². The maximum absolute atomic E-state index is 12.3. The average Bonchev–Trinajstić information content (AvgIpc) is 2.77. The molecule has 0 bridgehead atoms. The van der Waals surface area contributed by atoms with Crippen LogP contribution in [0, 0.1) is 6.92 Å². The molecular weight excluding hydrogens is 298 g/mol. The Bertz CT molecular complexity index is 513. The Morgan fingerprint density at radius 1 is 1.32 bits per heavy atom. The highest BCUT2D eigenvalue weighted by Gasteiger charge is 2.31. The number of sulfonamides is 1. The first-order valence-corrected chi connectivity index (χ1v) is 10.3. The van der Waals surface area contributed by atoms with Gasteiger partial charge in [-0.05, 0) is 25.5 Å². The molecule has 0 saturated carbocycles. The highest BCUT2D eigenvalue weighted by atomic mass is 33.1. The number of hydrogen-bond acceptors (Lipinski definition) is 4. The third kappa shape index (κ3) is 3.90. The molecule has 2 rings (SSSR count). The van der Waals surface area contributed by atoms with E-state index in [0.29, 0.717) is 10.1 Å². The molecule has 1 aromatic carbocycles. The number of benzene rings is 1. The fourth-order valence-electron chi connectivity index (χ4n) is 2.00. The SMILES string of the molecule is CCC[C@H]1SSC[C@H]1NS(=O)(=O)c1ccc(C)cc1. The molecule has 3 nitrogen and oxygen atoms in total. The second kappa shape index (κ2) is 6.52. The molecule has 6 heteroatoms. The van der Waals surface area contributed by atoms with Crippen LogP contribution in [0.2, 0.25) is 0 Å². The normalized spacial score (nSPS) is 23.7. The first kappa shape index (κ1) is 15.2. The zero-order chi connectivity index (χ0) is 13.9. The van der Waals surface area contributed by atoms with E-state index < -0.39 is 10.0 Å². The molecule has 2 atom stereocenters. The van der Waals surface area contributed by atoms with Gasteiger partial charge < -0.3 is 0 Å². The van der Waals surface area contributed by atoms with Crippen LogP contribution < -0.4 is 4.72 Å². The Morgan fingerprint density at radius 3 is 2.63 bits per heavy atom. The van der Waals surface area contributed by atoms with E-state index in [1.54, 1.807) is 33.7 Å². The second-order valence-corrected chi connectivity index (χ2v) is 9.11. The van der Waals surface area contributed by atoms with Gasteiger partial charge in [0.1, 0.15) is 0 Å². The minimum atomic E-state index is -3.39. The van der Waals surface area contributed by atoms with Gasteiger partial charge in [-0.15, -0.1) is 0 Å². The van der Waals surface area contributed by atoms with E-state index in [2.05, 4.69) is 11.6 Å². The van der Waals surface area contributed by atoms with Gasteiger partial charge in [0, 0.05) is 17.0 Å². The van der Waals surface area contributed by atoms with E-state index in [-0.39, 0.29) is 6.04 Å². The van der Waals surface area contributed by atoms with Gasteiger partial charge in [0.15, 0.2) is 0 Å². The molecule has 0 radical (unpaired) electrons. The zero-order valence-electron chi connectivity index (χ0n) is 11.1. The predicted molar refractivity (Wildman–Crippen MR) is 84.0 cm³/mol. The maximum atomic E-state index is 12.3. The summed E-state index contributed by atoms with van der Waals surface area (Å²) in [5, 5.41) is 0.384. The lowest BCUT2D eigenvalue weighted by Gasteiger charge is -2.18. The molecule has 1 fully saturated rings. The van der Waals surface area contributed by atoms with Crippen LogP contribution >= 0.6 is 21.6 Å². The minimum absolute atomic E-state index is 0.0428. The van der Waals surface area contributed by atoms with Gasteiger partial charge in [0.05, 0.1) is 4.90 Å². The molecule has 0 aliphatic carbocycles. The zero-order valence-corrected chi connectivity index (χ0v) is 13.6. The molecule has 19 heavy (non-hydrogen) atoms. The second-order valence-electron chi connectivity index (χ2n) is 4.75. The van der Waals surface area contributed by atoms with Gasteiger partial charge in [-0.2, -0.15) is 0 Å². The summed E-state index contributed by atoms with van der Waals surface area (Å²) in [6.07, 6.45) is 2.14. The van der Waals surface area contributed by atoms with Crippen LogP contribution in [0.4, 0.5) is 0 Å². The lowest BCUT2D eigenvalue weighted by atomic mass is 10.1. The van der Waals surface area contributed by atoms with Gasteiger partial charge in [-0.3, -0.25) is 0 Å². The van der Waals surface area contributed by atoms with Gasteiger partial charge in [-0.25, -0.2) is 13.1 Å². The van der Waals surface area contributed by atoms with Crippen molar-refractivity contribution in [2.24, 2.45) is 0 Å². The van der Waals surface area contributed by atoms with Crippen molar-refractivity contribution < 1.29 is 8.42 Å². The topological polar surface area (TPSA) is 46.2 Å². The number of aryl methyl sites for hydroxylation is 1. The van der Waals surface area contributed by atoms with Gasteiger partial charge in [0.2, 0.25) is 10.0 Å². The Kier molecular flexibility index (Phi) is 5.22. The van der Waals surface area contributed by atoms with Crippen molar-refractivity contribution in [3.8, 4) is 0 Å². The molecule has 0 aromatic heterocycles. The van der Waals surface area contributed by atoms with Crippen molar-refractivity contribution in [3.05, 3.63) is 29.8 Å². The van der Waals surface area contributed by atoms with Crippen molar-refractivity contribution in [3.63, 3.8) is 0 Å². The summed E-state index contributed by atoms with van der Waals surface area (Å²) in [5.74, 6) is 0.848. The monoisotopic (exact) mass is 317 g/mol. The van der Waals surface area contributed by atoms with E-state index in [0.717, 1.165) is 24.2 Å². The van der Waals surface area contributed by atoms with E-state index in [4.69, 9.17) is 0 Å². The van der Waals surface area contributed by atoms with E-state index >= 15 is 0 Å². The summed E-state index contributed by atoms with van der Waals surface area (Å²) in [7, 11) is 0.173. The lowest BCUT2D eigenvalue weighted by Crippen LogP contribution is -2.40. The highest BCUT2D eigenvalue weighted by Crippen LogP contribution is 2.40. The summed E-state index contributed by atoms with van der Waals surface area (Å²) in [5.41, 5.74) is 1.06. The van der Waals surface area contributed by atoms with Crippen molar-refractivity contribution in [1.29, 1.82) is 0 Å². The fourth-order valence-corrected chi connectivity index (χ4v) is 6.83. The molecule has 0 amide bonds. The smallest absolute Gasteiger partial charge is 0.207 e. The first-order chi connectivity index (χ1) is 9.03. The Morgan fingerprint density at radius 2 is 2.00 bits per heavy atom. The third-order valence-corrected chi connectivity index (χ3v) is 7.61. The number of rotatable bonds is 5. The van der Waals surface area contributed by atoms with Crippen molar-refractivity contribution in [2.45, 2.75) is 42.9 Å². The Labute approximate surface area is 123 Å². The number of nitrogens with one attached hydrogen (secondary N) is 1. The molecule has 1 aliphatic rings. The molecule has 1 aliphatic heterocycles. The Balaban J connectivity index is 2.10. The summed E-state index contributed by atoms with van der Waals surface area (Å²) < 4.78 is 27.5. The van der Waals surface area contributed by atoms with Crippen LogP contribution in [0.15, 0.2) is 29.2 Å². The summed E-state index contributed by atoms with van der Waals surface area (Å²) in [6, 6.07) is 7.04. The maximum Gasteiger partial charge on any atom is 0.240 e. The van der Waals surface area contributed by atoms with E-state index in [9.17, 15) is 8.42 Å². The van der Waals surface area contributed by atoms with Crippen LogP contribution in [0.1, 0.15) is 25.3 Å². The standard InChI is InChI=1S/C13H19NO2S3/c1-3-4-13-12(9-17-18-13)14-19(15,16)11-7-5-10(2)6-8-11/h5-8,12-14H,3-4,9H2,1-2H3/t12-,13-/m1/s1. The average molecular weight is 318 g/mol. The quantitative estimate of drug-likeness (QED) is 0.847. The molecule has 0 unspecified atom stereocenters. The first-order valence-electron chi connectivity index (χ1n) is 6.40.